The normalized spacial score (nSPS) is 14.6. The van der Waals surface area contributed by atoms with Crippen molar-refractivity contribution in [3.63, 3.8) is 0 Å². The number of rotatable bonds is 0. The monoisotopic (exact) mass is 501 g/mol. The van der Waals surface area contributed by atoms with Gasteiger partial charge in [0.15, 0.2) is 0 Å². The van der Waals surface area contributed by atoms with Crippen LogP contribution in [0.2, 0.25) is 0 Å². The molecule has 0 saturated carbocycles. The topological polar surface area (TPSA) is 3.24 Å². The Morgan fingerprint density at radius 1 is 0.500 bits per heavy atom. The first-order valence-corrected chi connectivity index (χ1v) is 14.4. The van der Waals surface area contributed by atoms with Gasteiger partial charge in [-0.05, 0) is 78.9 Å². The molecule has 5 aromatic carbocycles. The number of nitrogens with zero attached hydrogens (tertiary/aromatic N) is 1. The first-order chi connectivity index (χ1) is 18.5. The summed E-state index contributed by atoms with van der Waals surface area (Å²) < 4.78 is 0. The molecule has 1 nitrogen and oxygen atoms in total. The van der Waals surface area contributed by atoms with E-state index in [2.05, 4.69) is 111 Å². The molecule has 4 aliphatic rings. The molecule has 0 N–H and O–H groups in total. The highest BCUT2D eigenvalue weighted by molar-refractivity contribution is 8.00. The number of fused-ring (bicyclic) bond motifs is 9. The minimum atomic E-state index is 0.178. The summed E-state index contributed by atoms with van der Waals surface area (Å²) in [5.74, 6) is 0. The average molecular weight is 501 g/mol. The van der Waals surface area contributed by atoms with Crippen molar-refractivity contribution in [3.05, 3.63) is 101 Å². The lowest BCUT2D eigenvalue weighted by Gasteiger charge is -2.50. The van der Waals surface area contributed by atoms with Crippen LogP contribution in [-0.2, 0) is 0 Å². The quantitative estimate of drug-likeness (QED) is 0.266. The molecule has 9 rings (SSSR count). The van der Waals surface area contributed by atoms with E-state index in [9.17, 15) is 0 Å². The van der Waals surface area contributed by atoms with E-state index in [4.69, 9.17) is 0 Å². The van der Waals surface area contributed by atoms with E-state index < -0.39 is 0 Å². The average Bonchev–Trinajstić information content (AvgIpc) is 2.90. The minimum Gasteiger partial charge on any atom is -0.377 e. The molecule has 4 heteroatoms. The summed E-state index contributed by atoms with van der Waals surface area (Å²) in [4.78, 5) is 5.54. The van der Waals surface area contributed by atoms with E-state index >= 15 is 0 Å². The molecule has 0 aromatic heterocycles. The molecule has 4 heterocycles. The Kier molecular flexibility index (Phi) is 3.97. The molecule has 5 aromatic rings. The summed E-state index contributed by atoms with van der Waals surface area (Å²) >= 11 is 1.95. The van der Waals surface area contributed by atoms with Gasteiger partial charge in [-0.1, -0.05) is 100 Å². The minimum absolute atomic E-state index is 0.178. The third-order valence-electron chi connectivity index (χ3n) is 9.08. The van der Waals surface area contributed by atoms with Gasteiger partial charge in [0.1, 0.15) is 0 Å². The van der Waals surface area contributed by atoms with Crippen molar-refractivity contribution in [1.82, 2.24) is 0 Å². The van der Waals surface area contributed by atoms with Gasteiger partial charge in [-0.25, -0.2) is 0 Å². The van der Waals surface area contributed by atoms with Crippen LogP contribution in [0, 0.1) is 27.7 Å². The molecule has 0 atom stereocenters. The fraction of sp³-hybridized carbons (Fsp3) is 0.118. The molecular formula is C34H25B2NS. The van der Waals surface area contributed by atoms with E-state index in [-0.39, 0.29) is 13.6 Å². The van der Waals surface area contributed by atoms with Crippen LogP contribution in [0.5, 0.6) is 0 Å². The summed E-state index contributed by atoms with van der Waals surface area (Å²) in [5.41, 5.74) is 21.0. The van der Waals surface area contributed by atoms with Crippen LogP contribution < -0.4 is 32.1 Å². The number of aryl methyl sites for hydroxylation is 4. The lowest BCUT2D eigenvalue weighted by molar-refractivity contribution is 1.30. The maximum absolute atomic E-state index is 2.74. The fourth-order valence-corrected chi connectivity index (χ4v) is 8.77. The summed E-state index contributed by atoms with van der Waals surface area (Å²) in [7, 11) is 0. The van der Waals surface area contributed by atoms with E-state index in [1.54, 1.807) is 0 Å². The highest BCUT2D eigenvalue weighted by Gasteiger charge is 2.50. The summed E-state index contributed by atoms with van der Waals surface area (Å²) in [5, 5.41) is 0. The molecule has 0 fully saturated rings. The van der Waals surface area contributed by atoms with Crippen molar-refractivity contribution in [2.24, 2.45) is 0 Å². The van der Waals surface area contributed by atoms with Crippen LogP contribution in [0.15, 0.2) is 88.7 Å². The highest BCUT2D eigenvalue weighted by Crippen LogP contribution is 2.49. The second kappa shape index (κ2) is 7.07. The van der Waals surface area contributed by atoms with Gasteiger partial charge in [0.05, 0.1) is 0 Å². The van der Waals surface area contributed by atoms with Crippen molar-refractivity contribution in [2.75, 3.05) is 4.81 Å². The van der Waals surface area contributed by atoms with Crippen LogP contribution in [-0.4, -0.2) is 13.6 Å². The van der Waals surface area contributed by atoms with Gasteiger partial charge >= 0.3 is 6.85 Å². The van der Waals surface area contributed by atoms with E-state index in [0.717, 1.165) is 0 Å². The molecule has 178 valence electrons. The lowest BCUT2D eigenvalue weighted by Crippen LogP contribution is -2.68. The van der Waals surface area contributed by atoms with Crippen molar-refractivity contribution in [1.29, 1.82) is 0 Å². The third-order valence-corrected chi connectivity index (χ3v) is 10.2. The zero-order valence-corrected chi connectivity index (χ0v) is 22.8. The molecule has 0 aliphatic carbocycles. The van der Waals surface area contributed by atoms with E-state index in [1.165, 1.54) is 93.0 Å². The maximum Gasteiger partial charge on any atom is 0.329 e. The largest absolute Gasteiger partial charge is 0.377 e. The van der Waals surface area contributed by atoms with Crippen LogP contribution in [0.3, 0.4) is 0 Å². The summed E-state index contributed by atoms with van der Waals surface area (Å²) in [6, 6.07) is 31.0. The van der Waals surface area contributed by atoms with Gasteiger partial charge in [-0.15, -0.1) is 0 Å². The van der Waals surface area contributed by atoms with Crippen molar-refractivity contribution in [2.45, 2.75) is 37.5 Å². The van der Waals surface area contributed by atoms with Crippen LogP contribution >= 0.6 is 11.8 Å². The van der Waals surface area contributed by atoms with E-state index in [0.29, 0.717) is 0 Å². The number of anilines is 2. The van der Waals surface area contributed by atoms with Crippen molar-refractivity contribution >= 4 is 64.0 Å². The summed E-state index contributed by atoms with van der Waals surface area (Å²) in [6.45, 7) is 9.39. The number of benzene rings is 5. The lowest BCUT2D eigenvalue weighted by atomic mass is 9.31. The molecule has 0 radical (unpaired) electrons. The second-order valence-electron chi connectivity index (χ2n) is 11.7. The zero-order valence-electron chi connectivity index (χ0n) is 22.0. The standard InChI is InChI=1S/C34H25B2NS/c1-18-5-8-22-24-10-12-31-32-34(24)37-33-25(23-9-6-19(2)15-27(23)36(37)26(22)14-18)13-21(4)17-29(33)35(32)28-16-20(3)7-11-30(28)38-31/h5-17H,1-4H3. The molecule has 0 saturated heterocycles. The predicted molar refractivity (Wildman–Crippen MR) is 165 cm³/mol. The van der Waals surface area contributed by atoms with Crippen molar-refractivity contribution in [3.8, 4) is 22.3 Å². The van der Waals surface area contributed by atoms with Gasteiger partial charge in [-0.3, -0.25) is 0 Å². The third kappa shape index (κ3) is 2.52. The Morgan fingerprint density at radius 3 is 1.82 bits per heavy atom. The Hall–Kier alpha value is -3.62. The first kappa shape index (κ1) is 21.3. The maximum atomic E-state index is 2.74. The second-order valence-corrected chi connectivity index (χ2v) is 12.7. The van der Waals surface area contributed by atoms with Gasteiger partial charge in [0.2, 0.25) is 6.71 Å². The summed E-state index contributed by atoms with van der Waals surface area (Å²) in [6.07, 6.45) is 0. The molecule has 0 amide bonds. The van der Waals surface area contributed by atoms with Crippen LogP contribution in [0.1, 0.15) is 22.3 Å². The molecular weight excluding hydrogens is 476 g/mol. The number of hydrogen-bond donors (Lipinski definition) is 0. The first-order valence-electron chi connectivity index (χ1n) is 13.6. The van der Waals surface area contributed by atoms with Crippen LogP contribution in [0.25, 0.3) is 22.3 Å². The van der Waals surface area contributed by atoms with Gasteiger partial charge < -0.3 is 4.81 Å². The molecule has 0 unspecified atom stereocenters. The van der Waals surface area contributed by atoms with Gasteiger partial charge in [0, 0.05) is 32.3 Å². The predicted octanol–water partition coefficient (Wildman–Crippen LogP) is 5.12. The fourth-order valence-electron chi connectivity index (χ4n) is 7.64. The Balaban J connectivity index is 1.51. The van der Waals surface area contributed by atoms with Gasteiger partial charge in [-0.2, -0.15) is 0 Å². The smallest absolute Gasteiger partial charge is 0.329 e. The highest BCUT2D eigenvalue weighted by atomic mass is 32.2. The van der Waals surface area contributed by atoms with Gasteiger partial charge in [0.25, 0.3) is 0 Å². The Labute approximate surface area is 229 Å². The van der Waals surface area contributed by atoms with Crippen LogP contribution in [0.4, 0.5) is 11.4 Å². The Bertz CT molecular complexity index is 1920. The molecule has 0 bridgehead atoms. The molecule has 38 heavy (non-hydrogen) atoms. The van der Waals surface area contributed by atoms with E-state index in [1.807, 2.05) is 11.8 Å². The SMILES string of the molecule is Cc1ccc2c(c1)B1c3cc(C)cc4c3N3B(c5cc(C)ccc5-4)c4cc(C)ccc4-c4ccc(c1c43)S2. The molecule has 0 spiro atoms. The molecule has 4 aliphatic heterocycles. The van der Waals surface area contributed by atoms with Crippen molar-refractivity contribution < 1.29 is 0 Å². The number of hydrogen-bond acceptors (Lipinski definition) is 2. The Morgan fingerprint density at radius 2 is 1.08 bits per heavy atom. The zero-order chi connectivity index (χ0) is 25.4.